The van der Waals surface area contributed by atoms with E-state index in [0.717, 1.165) is 66.8 Å². The lowest BCUT2D eigenvalue weighted by atomic mass is 9.70. The lowest BCUT2D eigenvalue weighted by Crippen LogP contribution is -2.26. The molecular weight excluding hydrogens is 841 g/mol. The Bertz CT molecular complexity index is 3850. The summed E-state index contributed by atoms with van der Waals surface area (Å²) in [5.74, 6) is 1.80. The Balaban J connectivity index is 1.02. The number of fused-ring (bicyclic) bond motifs is 13. The Kier molecular flexibility index (Phi) is 8.73. The molecule has 0 bridgehead atoms. The smallest absolute Gasteiger partial charge is 0.164 e. The zero-order valence-corrected chi connectivity index (χ0v) is 37.3. The second-order valence-electron chi connectivity index (χ2n) is 17.8. The van der Waals surface area contributed by atoms with Crippen molar-refractivity contribution in [3.05, 3.63) is 265 Å². The van der Waals surface area contributed by atoms with Crippen molar-refractivity contribution >= 4 is 39.0 Å². The van der Waals surface area contributed by atoms with Gasteiger partial charge in [-0.25, -0.2) is 15.0 Å². The van der Waals surface area contributed by atoms with Gasteiger partial charge in [0.1, 0.15) is 11.2 Å². The minimum absolute atomic E-state index is 0.499. The average Bonchev–Trinajstić information content (AvgIpc) is 4.06. The van der Waals surface area contributed by atoms with Crippen LogP contribution in [0, 0.1) is 0 Å². The largest absolute Gasteiger partial charge is 0.456 e. The molecule has 0 amide bonds. The average molecular weight is 881 g/mol. The van der Waals surface area contributed by atoms with Gasteiger partial charge in [-0.2, -0.15) is 0 Å². The highest BCUT2D eigenvalue weighted by Gasteiger charge is 2.51. The Hall–Kier alpha value is -9.19. The molecular formula is C64H40N4O. The first-order valence-electron chi connectivity index (χ1n) is 23.4. The van der Waals surface area contributed by atoms with E-state index in [-0.39, 0.29) is 0 Å². The fourth-order valence-corrected chi connectivity index (χ4v) is 11.2. The summed E-state index contributed by atoms with van der Waals surface area (Å²) in [5.41, 5.74) is 19.4. The SMILES string of the molecule is c1ccc(-c2nc(-c3ccccc3)nc(-c3cccc4oc5ccc(N(c6ccc7c(c6)C6(c8ccccc8-c8ccccc86)c6ccccc6-7)c6ccccc6-c6ccccc6)cc5c34)n2)cc1. The first-order valence-corrected chi connectivity index (χ1v) is 23.4. The van der Waals surface area contributed by atoms with Crippen LogP contribution >= 0.6 is 0 Å². The molecule has 0 saturated carbocycles. The van der Waals surface area contributed by atoms with Crippen LogP contribution in [0.15, 0.2) is 247 Å². The topological polar surface area (TPSA) is 55.1 Å². The van der Waals surface area contributed by atoms with Gasteiger partial charge >= 0.3 is 0 Å². The van der Waals surface area contributed by atoms with E-state index in [4.69, 9.17) is 19.4 Å². The van der Waals surface area contributed by atoms with E-state index in [1.165, 1.54) is 44.5 Å². The van der Waals surface area contributed by atoms with Crippen molar-refractivity contribution in [2.45, 2.75) is 5.41 Å². The molecule has 2 aromatic heterocycles. The molecule has 0 aliphatic heterocycles. The molecule has 5 heteroatoms. The van der Waals surface area contributed by atoms with Gasteiger partial charge in [-0.15, -0.1) is 0 Å². The molecule has 0 N–H and O–H groups in total. The quantitative estimate of drug-likeness (QED) is 0.160. The molecule has 2 aliphatic rings. The number of aromatic nitrogens is 3. The second kappa shape index (κ2) is 15.4. The zero-order valence-electron chi connectivity index (χ0n) is 37.3. The molecule has 14 rings (SSSR count). The number of nitrogens with zero attached hydrogens (tertiary/aromatic N) is 4. The Morgan fingerprint density at radius 2 is 0.783 bits per heavy atom. The molecule has 0 fully saturated rings. The number of furan rings is 1. The fourth-order valence-electron chi connectivity index (χ4n) is 11.2. The van der Waals surface area contributed by atoms with Gasteiger partial charge in [-0.1, -0.05) is 200 Å². The van der Waals surface area contributed by atoms with Crippen molar-refractivity contribution in [2.75, 3.05) is 4.90 Å². The summed E-state index contributed by atoms with van der Waals surface area (Å²) < 4.78 is 6.72. The van der Waals surface area contributed by atoms with E-state index in [1.807, 2.05) is 72.8 Å². The van der Waals surface area contributed by atoms with Gasteiger partial charge < -0.3 is 9.32 Å². The van der Waals surface area contributed by atoms with Crippen LogP contribution in [-0.4, -0.2) is 15.0 Å². The molecule has 10 aromatic carbocycles. The lowest BCUT2D eigenvalue weighted by molar-refractivity contribution is 0.669. The van der Waals surface area contributed by atoms with Crippen molar-refractivity contribution in [3.63, 3.8) is 0 Å². The van der Waals surface area contributed by atoms with Gasteiger partial charge in [0, 0.05) is 44.4 Å². The van der Waals surface area contributed by atoms with Gasteiger partial charge in [-0.3, -0.25) is 0 Å². The Morgan fingerprint density at radius 1 is 0.319 bits per heavy atom. The molecule has 0 unspecified atom stereocenters. The number of hydrogen-bond acceptors (Lipinski definition) is 5. The van der Waals surface area contributed by atoms with Crippen LogP contribution in [0.4, 0.5) is 17.1 Å². The standard InChI is InChI=1S/C64H40N4O/c1-4-19-41(20-5-1)46-25-13-17-33-57(46)68(45-35-37-50-49-28-12-16-32-55(49)64(56(50)40-45)53-30-14-10-26-47(53)48-27-11-15-31-54(48)64)44-36-38-58-52(39-44)60-51(29-18-34-59(60)69-58)63-66-61(42-21-6-2-7-22-42)65-62(67-63)43-23-8-3-9-24-43/h1-40H. The first kappa shape index (κ1) is 39.0. The molecule has 0 atom stereocenters. The fraction of sp³-hybridized carbons (Fsp3) is 0.0156. The van der Waals surface area contributed by atoms with Crippen LogP contribution < -0.4 is 4.90 Å². The monoisotopic (exact) mass is 880 g/mol. The molecule has 1 spiro atoms. The summed E-state index contributed by atoms with van der Waals surface area (Å²) >= 11 is 0. The zero-order chi connectivity index (χ0) is 45.5. The number of para-hydroxylation sites is 1. The summed E-state index contributed by atoms with van der Waals surface area (Å²) in [7, 11) is 0. The predicted octanol–water partition coefficient (Wildman–Crippen LogP) is 16.3. The number of hydrogen-bond donors (Lipinski definition) is 0. The molecule has 5 nitrogen and oxygen atoms in total. The molecule has 322 valence electrons. The van der Waals surface area contributed by atoms with Crippen molar-refractivity contribution in [3.8, 4) is 67.5 Å². The molecule has 69 heavy (non-hydrogen) atoms. The highest BCUT2D eigenvalue weighted by Crippen LogP contribution is 2.63. The van der Waals surface area contributed by atoms with Crippen LogP contribution in [0.3, 0.4) is 0 Å². The lowest BCUT2D eigenvalue weighted by Gasteiger charge is -2.32. The Morgan fingerprint density at radius 3 is 1.39 bits per heavy atom. The van der Waals surface area contributed by atoms with Gasteiger partial charge in [-0.05, 0) is 92.5 Å². The summed E-state index contributed by atoms with van der Waals surface area (Å²) in [4.78, 5) is 17.8. The molecule has 2 aliphatic carbocycles. The van der Waals surface area contributed by atoms with Crippen molar-refractivity contribution < 1.29 is 4.42 Å². The maximum atomic E-state index is 6.72. The summed E-state index contributed by atoms with van der Waals surface area (Å²) in [6.45, 7) is 0. The maximum absolute atomic E-state index is 6.72. The van der Waals surface area contributed by atoms with E-state index in [0.29, 0.717) is 17.5 Å². The van der Waals surface area contributed by atoms with Crippen LogP contribution in [0.5, 0.6) is 0 Å². The molecule has 2 heterocycles. The van der Waals surface area contributed by atoms with Crippen LogP contribution in [-0.2, 0) is 5.41 Å². The Labute approximate surface area is 399 Å². The number of anilines is 3. The van der Waals surface area contributed by atoms with Gasteiger partial charge in [0.25, 0.3) is 0 Å². The minimum atomic E-state index is -0.499. The predicted molar refractivity (Wildman–Crippen MR) is 280 cm³/mol. The second-order valence-corrected chi connectivity index (χ2v) is 17.8. The molecule has 0 saturated heterocycles. The van der Waals surface area contributed by atoms with E-state index in [9.17, 15) is 0 Å². The van der Waals surface area contributed by atoms with E-state index in [1.54, 1.807) is 0 Å². The number of rotatable bonds is 7. The van der Waals surface area contributed by atoms with Crippen LogP contribution in [0.1, 0.15) is 22.3 Å². The van der Waals surface area contributed by atoms with Crippen LogP contribution in [0.25, 0.3) is 89.5 Å². The minimum Gasteiger partial charge on any atom is -0.456 e. The summed E-state index contributed by atoms with van der Waals surface area (Å²) in [6.07, 6.45) is 0. The normalized spacial score (nSPS) is 12.8. The summed E-state index contributed by atoms with van der Waals surface area (Å²) in [5, 5.41) is 1.91. The third-order valence-electron chi connectivity index (χ3n) is 14.1. The summed E-state index contributed by atoms with van der Waals surface area (Å²) in [6, 6.07) is 86.5. The van der Waals surface area contributed by atoms with Crippen molar-refractivity contribution in [1.82, 2.24) is 15.0 Å². The third-order valence-corrected chi connectivity index (χ3v) is 14.1. The highest BCUT2D eigenvalue weighted by molar-refractivity contribution is 6.13. The molecule has 0 radical (unpaired) electrons. The number of benzene rings is 10. The van der Waals surface area contributed by atoms with Crippen LogP contribution in [0.2, 0.25) is 0 Å². The van der Waals surface area contributed by atoms with Gasteiger partial charge in [0.2, 0.25) is 0 Å². The van der Waals surface area contributed by atoms with E-state index >= 15 is 0 Å². The van der Waals surface area contributed by atoms with E-state index in [2.05, 4.69) is 175 Å². The van der Waals surface area contributed by atoms with Crippen molar-refractivity contribution in [1.29, 1.82) is 0 Å². The van der Waals surface area contributed by atoms with Gasteiger partial charge in [0.15, 0.2) is 17.5 Å². The van der Waals surface area contributed by atoms with Crippen molar-refractivity contribution in [2.24, 2.45) is 0 Å². The highest BCUT2D eigenvalue weighted by atomic mass is 16.3. The third kappa shape index (κ3) is 5.94. The molecule has 12 aromatic rings. The maximum Gasteiger partial charge on any atom is 0.164 e. The first-order chi connectivity index (χ1) is 34.2. The van der Waals surface area contributed by atoms with Gasteiger partial charge in [0.05, 0.1) is 11.1 Å². The van der Waals surface area contributed by atoms with E-state index < -0.39 is 5.41 Å².